The molecule has 54 valence electrons. The Morgan fingerprint density at radius 3 is 2.90 bits per heavy atom. The number of nitrogen functional groups attached to an aromatic ring is 1. The normalized spacial score (nSPS) is 9.50. The van der Waals surface area contributed by atoms with Crippen molar-refractivity contribution in [3.05, 3.63) is 20.9 Å². The van der Waals surface area contributed by atoms with Crippen LogP contribution >= 0.6 is 34.2 Å². The second-order valence-corrected chi connectivity index (χ2v) is 3.28. The second-order valence-electron chi connectivity index (χ2n) is 1.63. The molecule has 0 fully saturated rings. The van der Waals surface area contributed by atoms with Gasteiger partial charge in [0, 0.05) is 9.77 Å². The first-order valence-corrected chi connectivity index (χ1v) is 3.97. The average Bonchev–Trinajstić information content (AvgIpc) is 1.88. The van der Waals surface area contributed by atoms with E-state index in [-0.39, 0.29) is 0 Å². The summed E-state index contributed by atoms with van der Waals surface area (Å²) in [6.45, 7) is 0. The summed E-state index contributed by atoms with van der Waals surface area (Å²) < 4.78 is 0.988. The van der Waals surface area contributed by atoms with Crippen molar-refractivity contribution in [2.45, 2.75) is 0 Å². The third-order valence-corrected chi connectivity index (χ3v) is 1.82. The fourth-order valence-corrected chi connectivity index (χ4v) is 1.38. The highest BCUT2D eigenvalue weighted by Crippen LogP contribution is 2.19. The highest BCUT2D eigenvalue weighted by Gasteiger charge is 1.98. The number of hydrogen-bond donors (Lipinski definition) is 2. The molecule has 0 aliphatic rings. The van der Waals surface area contributed by atoms with Crippen LogP contribution in [0.15, 0.2) is 12.3 Å². The molecule has 3 nitrogen and oxygen atoms in total. The van der Waals surface area contributed by atoms with Crippen LogP contribution in [0.25, 0.3) is 0 Å². The van der Waals surface area contributed by atoms with Gasteiger partial charge in [-0.2, -0.15) is 0 Å². The standard InChI is InChI=1S/C5H5ClIN3/c6-4-1-3(7)2-9-5(4)10-8/h1-2H,8H2,(H,9,10). The summed E-state index contributed by atoms with van der Waals surface area (Å²) in [5.74, 6) is 5.60. The molecule has 1 aromatic heterocycles. The first-order valence-electron chi connectivity index (χ1n) is 2.51. The third kappa shape index (κ3) is 1.71. The fraction of sp³-hybridized carbons (Fsp3) is 0. The van der Waals surface area contributed by atoms with E-state index in [1.807, 2.05) is 0 Å². The lowest BCUT2D eigenvalue weighted by Crippen LogP contribution is -2.08. The topological polar surface area (TPSA) is 50.9 Å². The number of nitrogens with zero attached hydrogens (tertiary/aromatic N) is 1. The molecule has 0 saturated heterocycles. The molecule has 0 aliphatic carbocycles. The monoisotopic (exact) mass is 269 g/mol. The summed E-state index contributed by atoms with van der Waals surface area (Å²) in [6.07, 6.45) is 1.68. The Bertz CT molecular complexity index is 240. The number of rotatable bonds is 1. The van der Waals surface area contributed by atoms with Crippen molar-refractivity contribution >= 4 is 40.0 Å². The lowest BCUT2D eigenvalue weighted by atomic mass is 10.5. The molecule has 0 amide bonds. The average molecular weight is 269 g/mol. The molecule has 0 aliphatic heterocycles. The van der Waals surface area contributed by atoms with Gasteiger partial charge in [-0.3, -0.25) is 0 Å². The lowest BCUT2D eigenvalue weighted by Gasteiger charge is -2.00. The number of pyridine rings is 1. The van der Waals surface area contributed by atoms with E-state index in [1.54, 1.807) is 12.3 Å². The van der Waals surface area contributed by atoms with E-state index in [9.17, 15) is 0 Å². The zero-order chi connectivity index (χ0) is 7.56. The summed E-state index contributed by atoms with van der Waals surface area (Å²) in [7, 11) is 0. The van der Waals surface area contributed by atoms with Gasteiger partial charge in [0.25, 0.3) is 0 Å². The van der Waals surface area contributed by atoms with Crippen LogP contribution in [0.1, 0.15) is 0 Å². The molecule has 10 heavy (non-hydrogen) atoms. The molecule has 0 atom stereocenters. The second kappa shape index (κ2) is 3.36. The van der Waals surface area contributed by atoms with Crippen LogP contribution in [0.3, 0.4) is 0 Å². The molecule has 0 unspecified atom stereocenters. The molecule has 5 heteroatoms. The predicted molar refractivity (Wildman–Crippen MR) is 49.8 cm³/mol. The molecule has 0 aromatic carbocycles. The Hall–Kier alpha value is -0.0700. The van der Waals surface area contributed by atoms with Gasteiger partial charge in [0.05, 0.1) is 5.02 Å². The molecule has 0 bridgehead atoms. The van der Waals surface area contributed by atoms with Crippen LogP contribution in [0, 0.1) is 3.57 Å². The number of halogens is 2. The Labute approximate surface area is 77.1 Å². The zero-order valence-corrected chi connectivity index (χ0v) is 7.85. The van der Waals surface area contributed by atoms with Crippen LogP contribution in [0.5, 0.6) is 0 Å². The molecule has 3 N–H and O–H groups in total. The molecule has 1 heterocycles. The van der Waals surface area contributed by atoms with Crippen LogP contribution < -0.4 is 11.3 Å². The number of hydrogen-bond acceptors (Lipinski definition) is 3. The Morgan fingerprint density at radius 1 is 1.70 bits per heavy atom. The Morgan fingerprint density at radius 2 is 2.40 bits per heavy atom. The van der Waals surface area contributed by atoms with Gasteiger partial charge in [0.2, 0.25) is 0 Å². The largest absolute Gasteiger partial charge is 0.307 e. The van der Waals surface area contributed by atoms with Crippen molar-refractivity contribution < 1.29 is 0 Å². The minimum Gasteiger partial charge on any atom is -0.307 e. The highest BCUT2D eigenvalue weighted by molar-refractivity contribution is 14.1. The maximum Gasteiger partial charge on any atom is 0.158 e. The van der Waals surface area contributed by atoms with Crippen molar-refractivity contribution in [2.75, 3.05) is 5.43 Å². The third-order valence-electron chi connectivity index (χ3n) is 0.945. The van der Waals surface area contributed by atoms with E-state index in [0.29, 0.717) is 10.8 Å². The maximum absolute atomic E-state index is 5.72. The van der Waals surface area contributed by atoms with Gasteiger partial charge < -0.3 is 5.43 Å². The van der Waals surface area contributed by atoms with Gasteiger partial charge in [-0.05, 0) is 28.7 Å². The number of hydrazine groups is 1. The lowest BCUT2D eigenvalue weighted by molar-refractivity contribution is 1.22. The summed E-state index contributed by atoms with van der Waals surface area (Å²) >= 11 is 7.84. The SMILES string of the molecule is NNc1ncc(I)cc1Cl. The number of aromatic nitrogens is 1. The van der Waals surface area contributed by atoms with E-state index in [1.165, 1.54) is 0 Å². The maximum atomic E-state index is 5.72. The molecule has 1 rings (SSSR count). The van der Waals surface area contributed by atoms with Crippen LogP contribution in [-0.2, 0) is 0 Å². The smallest absolute Gasteiger partial charge is 0.158 e. The summed E-state index contributed by atoms with van der Waals surface area (Å²) in [5, 5.41) is 0.536. The first kappa shape index (κ1) is 8.03. The van der Waals surface area contributed by atoms with Crippen LogP contribution in [0.2, 0.25) is 5.02 Å². The molecular weight excluding hydrogens is 264 g/mol. The van der Waals surface area contributed by atoms with Gasteiger partial charge in [-0.15, -0.1) is 0 Å². The van der Waals surface area contributed by atoms with Crippen molar-refractivity contribution in [3.63, 3.8) is 0 Å². The molecule has 0 saturated carbocycles. The van der Waals surface area contributed by atoms with E-state index < -0.39 is 0 Å². The van der Waals surface area contributed by atoms with Crippen molar-refractivity contribution in [2.24, 2.45) is 5.84 Å². The minimum atomic E-state index is 0.502. The van der Waals surface area contributed by atoms with E-state index in [4.69, 9.17) is 17.4 Å². The highest BCUT2D eigenvalue weighted by atomic mass is 127. The molecule has 0 radical (unpaired) electrons. The van der Waals surface area contributed by atoms with Crippen LogP contribution in [-0.4, -0.2) is 4.98 Å². The quantitative estimate of drug-likeness (QED) is 0.463. The van der Waals surface area contributed by atoms with E-state index >= 15 is 0 Å². The van der Waals surface area contributed by atoms with Crippen molar-refractivity contribution in [3.8, 4) is 0 Å². The van der Waals surface area contributed by atoms with Crippen molar-refractivity contribution in [1.82, 2.24) is 4.98 Å². The molecule has 0 spiro atoms. The van der Waals surface area contributed by atoms with Gasteiger partial charge in [0.1, 0.15) is 0 Å². The van der Waals surface area contributed by atoms with Gasteiger partial charge in [-0.1, -0.05) is 11.6 Å². The molecule has 1 aromatic rings. The number of anilines is 1. The number of nitrogens with one attached hydrogen (secondary N) is 1. The Kier molecular flexibility index (Phi) is 2.70. The van der Waals surface area contributed by atoms with Gasteiger partial charge >= 0.3 is 0 Å². The summed E-state index contributed by atoms with van der Waals surface area (Å²) in [6, 6.07) is 1.78. The summed E-state index contributed by atoms with van der Waals surface area (Å²) in [4.78, 5) is 3.92. The van der Waals surface area contributed by atoms with Gasteiger partial charge in [0.15, 0.2) is 5.82 Å². The fourth-order valence-electron chi connectivity index (χ4n) is 0.521. The number of nitrogens with two attached hydrogens (primary N) is 1. The summed E-state index contributed by atoms with van der Waals surface area (Å²) in [5.41, 5.74) is 2.38. The van der Waals surface area contributed by atoms with Crippen molar-refractivity contribution in [1.29, 1.82) is 0 Å². The predicted octanol–water partition coefficient (Wildman–Crippen LogP) is 1.63. The molecular formula is C5H5ClIN3. The first-order chi connectivity index (χ1) is 4.74. The minimum absolute atomic E-state index is 0.502. The Balaban J connectivity index is 3.07. The van der Waals surface area contributed by atoms with E-state index in [2.05, 4.69) is 33.0 Å². The van der Waals surface area contributed by atoms with E-state index in [0.717, 1.165) is 3.57 Å². The van der Waals surface area contributed by atoms with Crippen LogP contribution in [0.4, 0.5) is 5.82 Å². The zero-order valence-electron chi connectivity index (χ0n) is 4.94. The van der Waals surface area contributed by atoms with Gasteiger partial charge in [-0.25, -0.2) is 10.8 Å².